The zero-order valence-electron chi connectivity index (χ0n) is 18.6. The predicted molar refractivity (Wildman–Crippen MR) is 128 cm³/mol. The van der Waals surface area contributed by atoms with Crippen LogP contribution in [0.4, 0.5) is 13.2 Å². The van der Waals surface area contributed by atoms with E-state index < -0.39 is 17.6 Å². The smallest absolute Gasteiger partial charge is 0.366 e. The number of nitrogens with zero attached hydrogens (tertiary/aromatic N) is 2. The van der Waals surface area contributed by atoms with Crippen molar-refractivity contribution < 1.29 is 18.0 Å². The molecule has 0 aliphatic rings. The van der Waals surface area contributed by atoms with Crippen molar-refractivity contribution in [3.63, 3.8) is 0 Å². The Kier molecular flexibility index (Phi) is 6.41. The highest BCUT2D eigenvalue weighted by atomic mass is 35.5. The molecule has 8 heteroatoms. The van der Waals surface area contributed by atoms with Crippen molar-refractivity contribution in [1.29, 1.82) is 0 Å². The van der Waals surface area contributed by atoms with Gasteiger partial charge in [-0.05, 0) is 53.8 Å². The molecule has 0 saturated carbocycles. The second kappa shape index (κ2) is 9.14. The second-order valence-corrected chi connectivity index (χ2v) is 9.03. The number of benzene rings is 3. The van der Waals surface area contributed by atoms with Crippen LogP contribution in [0.5, 0.6) is 0 Å². The number of hydrogen-bond acceptors (Lipinski definition) is 2. The molecule has 4 aromatic rings. The first-order valence-electron chi connectivity index (χ1n) is 10.8. The third kappa shape index (κ3) is 4.66. The van der Waals surface area contributed by atoms with Crippen molar-refractivity contribution in [3.05, 3.63) is 88.6 Å². The Bertz CT molecular complexity index is 1330. The SMILES string of the molecule is CC(C)CC(c1ccc(C(N)=O)cc1)n1ncc2c(Cl)c(-c3ccc(C(F)(F)F)cc3)ccc21. The van der Waals surface area contributed by atoms with Gasteiger partial charge in [0.25, 0.3) is 0 Å². The van der Waals surface area contributed by atoms with E-state index in [1.807, 2.05) is 22.9 Å². The lowest BCUT2D eigenvalue weighted by atomic mass is 9.96. The van der Waals surface area contributed by atoms with Crippen LogP contribution in [-0.4, -0.2) is 15.7 Å². The number of amides is 1. The fourth-order valence-corrected chi connectivity index (χ4v) is 4.41. The number of rotatable bonds is 6. The molecule has 0 radical (unpaired) electrons. The van der Waals surface area contributed by atoms with Crippen LogP contribution in [-0.2, 0) is 6.18 Å². The van der Waals surface area contributed by atoms with Crippen molar-refractivity contribution in [2.45, 2.75) is 32.5 Å². The first-order valence-corrected chi connectivity index (χ1v) is 11.2. The fourth-order valence-electron chi connectivity index (χ4n) is 4.09. The number of hydrogen-bond donors (Lipinski definition) is 1. The molecule has 2 N–H and O–H groups in total. The summed E-state index contributed by atoms with van der Waals surface area (Å²) in [6.45, 7) is 4.23. The van der Waals surface area contributed by atoms with E-state index in [4.69, 9.17) is 17.3 Å². The van der Waals surface area contributed by atoms with Gasteiger partial charge >= 0.3 is 6.18 Å². The molecule has 4 nitrogen and oxygen atoms in total. The Labute approximate surface area is 200 Å². The first kappa shape index (κ1) is 23.8. The van der Waals surface area contributed by atoms with E-state index in [0.717, 1.165) is 29.6 Å². The highest BCUT2D eigenvalue weighted by Gasteiger charge is 2.30. The van der Waals surface area contributed by atoms with Crippen molar-refractivity contribution in [2.24, 2.45) is 11.7 Å². The molecule has 0 aliphatic carbocycles. The molecular formula is C26H23ClF3N3O. The predicted octanol–water partition coefficient (Wildman–Crippen LogP) is 7.11. The van der Waals surface area contributed by atoms with Crippen LogP contribution in [0.3, 0.4) is 0 Å². The molecule has 0 aliphatic heterocycles. The largest absolute Gasteiger partial charge is 0.416 e. The summed E-state index contributed by atoms with van der Waals surface area (Å²) in [6.07, 6.45) is -1.92. The highest BCUT2D eigenvalue weighted by Crippen LogP contribution is 2.38. The van der Waals surface area contributed by atoms with E-state index in [0.29, 0.717) is 33.0 Å². The Morgan fingerprint density at radius 3 is 2.24 bits per heavy atom. The fraction of sp³-hybridized carbons (Fsp3) is 0.231. The number of halogens is 4. The third-order valence-corrected chi connectivity index (χ3v) is 6.22. The number of primary amides is 1. The maximum Gasteiger partial charge on any atom is 0.416 e. The average Bonchev–Trinajstić information content (AvgIpc) is 3.22. The van der Waals surface area contributed by atoms with Crippen molar-refractivity contribution in [2.75, 3.05) is 0 Å². The lowest BCUT2D eigenvalue weighted by molar-refractivity contribution is -0.137. The van der Waals surface area contributed by atoms with E-state index in [-0.39, 0.29) is 6.04 Å². The lowest BCUT2D eigenvalue weighted by Gasteiger charge is -2.22. The molecule has 1 unspecified atom stereocenters. The number of alkyl halides is 3. The van der Waals surface area contributed by atoms with Crippen LogP contribution in [0.1, 0.15) is 47.8 Å². The molecule has 3 aromatic carbocycles. The molecule has 34 heavy (non-hydrogen) atoms. The quantitative estimate of drug-likeness (QED) is 0.316. The number of carbonyl (C=O) groups is 1. The maximum atomic E-state index is 12.9. The Hall–Kier alpha value is -3.32. The maximum absolute atomic E-state index is 12.9. The van der Waals surface area contributed by atoms with Gasteiger partial charge < -0.3 is 5.73 Å². The molecule has 0 spiro atoms. The summed E-state index contributed by atoms with van der Waals surface area (Å²) >= 11 is 6.70. The second-order valence-electron chi connectivity index (χ2n) is 8.66. The number of carbonyl (C=O) groups excluding carboxylic acids is 1. The average molecular weight is 486 g/mol. The summed E-state index contributed by atoms with van der Waals surface area (Å²) in [6, 6.07) is 15.7. The van der Waals surface area contributed by atoms with E-state index in [1.165, 1.54) is 12.1 Å². The Balaban J connectivity index is 1.76. The first-order chi connectivity index (χ1) is 16.1. The Morgan fingerprint density at radius 1 is 1.03 bits per heavy atom. The zero-order valence-corrected chi connectivity index (χ0v) is 19.4. The molecular weight excluding hydrogens is 463 g/mol. The standard InChI is InChI=1S/C26H23ClF3N3O/c1-15(2)13-23(17-3-5-18(6-4-17)25(31)34)33-22-12-11-20(24(27)21(22)14-32-33)16-7-9-19(10-8-16)26(28,29)30/h3-12,14-15,23H,13H2,1-2H3,(H2,31,34). The minimum Gasteiger partial charge on any atom is -0.366 e. The lowest BCUT2D eigenvalue weighted by Crippen LogP contribution is -2.15. The van der Waals surface area contributed by atoms with Gasteiger partial charge in [0.2, 0.25) is 5.91 Å². The van der Waals surface area contributed by atoms with Crippen molar-refractivity contribution >= 4 is 28.4 Å². The van der Waals surface area contributed by atoms with Gasteiger partial charge in [-0.1, -0.05) is 55.8 Å². The monoisotopic (exact) mass is 485 g/mol. The summed E-state index contributed by atoms with van der Waals surface area (Å²) in [7, 11) is 0. The highest BCUT2D eigenvalue weighted by molar-refractivity contribution is 6.38. The van der Waals surface area contributed by atoms with Crippen LogP contribution in [0.2, 0.25) is 5.02 Å². The van der Waals surface area contributed by atoms with Gasteiger partial charge in [0, 0.05) is 16.5 Å². The van der Waals surface area contributed by atoms with Gasteiger partial charge in [0.15, 0.2) is 0 Å². The van der Waals surface area contributed by atoms with Gasteiger partial charge in [-0.25, -0.2) is 0 Å². The van der Waals surface area contributed by atoms with Crippen molar-refractivity contribution in [1.82, 2.24) is 9.78 Å². The molecule has 1 aromatic heterocycles. The molecule has 0 saturated heterocycles. The third-order valence-electron chi connectivity index (χ3n) is 5.81. The number of aromatic nitrogens is 2. The van der Waals surface area contributed by atoms with E-state index in [2.05, 4.69) is 18.9 Å². The zero-order chi connectivity index (χ0) is 24.6. The van der Waals surface area contributed by atoms with Gasteiger partial charge in [-0.2, -0.15) is 18.3 Å². The van der Waals surface area contributed by atoms with Gasteiger partial charge in [0.05, 0.1) is 28.3 Å². The molecule has 1 atom stereocenters. The summed E-state index contributed by atoms with van der Waals surface area (Å²) in [5.41, 5.74) is 8.11. The summed E-state index contributed by atoms with van der Waals surface area (Å²) in [4.78, 5) is 11.5. The van der Waals surface area contributed by atoms with Crippen LogP contribution < -0.4 is 5.73 Å². The van der Waals surface area contributed by atoms with E-state index in [1.54, 1.807) is 24.4 Å². The molecule has 0 bridgehead atoms. The normalized spacial score (nSPS) is 12.9. The van der Waals surface area contributed by atoms with E-state index >= 15 is 0 Å². The van der Waals surface area contributed by atoms with Gasteiger partial charge in [-0.3, -0.25) is 9.48 Å². The number of fused-ring (bicyclic) bond motifs is 1. The Morgan fingerprint density at radius 2 is 1.68 bits per heavy atom. The topological polar surface area (TPSA) is 60.9 Å². The summed E-state index contributed by atoms with van der Waals surface area (Å²) in [5.74, 6) is -0.124. The summed E-state index contributed by atoms with van der Waals surface area (Å²) in [5, 5.41) is 5.75. The molecule has 1 amide bonds. The molecule has 0 fully saturated rings. The minimum atomic E-state index is -4.39. The summed E-state index contributed by atoms with van der Waals surface area (Å²) < 4.78 is 40.7. The van der Waals surface area contributed by atoms with Crippen LogP contribution in [0, 0.1) is 5.92 Å². The van der Waals surface area contributed by atoms with Crippen LogP contribution >= 0.6 is 11.6 Å². The minimum absolute atomic E-state index is 0.104. The van der Waals surface area contributed by atoms with Crippen molar-refractivity contribution in [3.8, 4) is 11.1 Å². The molecule has 176 valence electrons. The van der Waals surface area contributed by atoms with E-state index in [9.17, 15) is 18.0 Å². The van der Waals surface area contributed by atoms with Crippen LogP contribution in [0.15, 0.2) is 66.9 Å². The van der Waals surface area contributed by atoms with Crippen LogP contribution in [0.25, 0.3) is 22.0 Å². The molecule has 4 rings (SSSR count). The molecule has 1 heterocycles. The van der Waals surface area contributed by atoms with Gasteiger partial charge in [-0.15, -0.1) is 0 Å². The van der Waals surface area contributed by atoms with Gasteiger partial charge in [0.1, 0.15) is 0 Å². The number of nitrogens with two attached hydrogens (primary N) is 1.